The van der Waals surface area contributed by atoms with Crippen LogP contribution >= 0.6 is 11.6 Å². The van der Waals surface area contributed by atoms with Crippen molar-refractivity contribution in [1.29, 1.82) is 0 Å². The van der Waals surface area contributed by atoms with Gasteiger partial charge in [0.05, 0.1) is 18.2 Å². The van der Waals surface area contributed by atoms with Crippen molar-refractivity contribution in [3.8, 4) is 5.75 Å². The molecule has 0 amide bonds. The first-order valence-corrected chi connectivity index (χ1v) is 9.26. The van der Waals surface area contributed by atoms with Crippen LogP contribution in [-0.4, -0.2) is 26.4 Å². The summed E-state index contributed by atoms with van der Waals surface area (Å²) < 4.78 is 32.8. The summed E-state index contributed by atoms with van der Waals surface area (Å²) in [4.78, 5) is 0.163. The van der Waals surface area contributed by atoms with Crippen LogP contribution in [0.15, 0.2) is 53.4 Å². The minimum atomic E-state index is -3.63. The van der Waals surface area contributed by atoms with Gasteiger partial charge in [-0.1, -0.05) is 35.9 Å². The number of halogens is 1. The number of benzene rings is 2. The number of hydrogen-bond donors (Lipinski definition) is 0. The van der Waals surface area contributed by atoms with Crippen LogP contribution in [0.5, 0.6) is 5.75 Å². The number of rotatable bonds is 4. The highest BCUT2D eigenvalue weighted by Crippen LogP contribution is 2.38. The first-order chi connectivity index (χ1) is 11.0. The number of sulfonamides is 1. The van der Waals surface area contributed by atoms with Crippen molar-refractivity contribution in [3.05, 3.63) is 59.1 Å². The van der Waals surface area contributed by atoms with Gasteiger partial charge in [-0.05, 0) is 42.7 Å². The molecule has 122 valence electrons. The molecule has 4 nitrogen and oxygen atoms in total. The maximum Gasteiger partial charge on any atom is 0.245 e. The zero-order valence-corrected chi connectivity index (χ0v) is 14.3. The van der Waals surface area contributed by atoms with Gasteiger partial charge in [0.2, 0.25) is 10.0 Å². The van der Waals surface area contributed by atoms with Crippen molar-refractivity contribution >= 4 is 21.6 Å². The summed E-state index contributed by atoms with van der Waals surface area (Å²) >= 11 is 6.10. The van der Waals surface area contributed by atoms with Crippen molar-refractivity contribution in [1.82, 2.24) is 4.31 Å². The maximum atomic E-state index is 13.0. The SMILES string of the molecule is COc1cccc([C@H]2CCCN2S(=O)(=O)c2ccccc2Cl)c1. The average molecular weight is 352 g/mol. The standard InChI is InChI=1S/C17H18ClNO3S/c1-22-14-7-4-6-13(12-14)16-9-5-11-19(16)23(20,21)17-10-3-2-8-15(17)18/h2-4,6-8,10,12,16H,5,9,11H2,1H3/t16-/m1/s1. The van der Waals surface area contributed by atoms with E-state index in [0.717, 1.165) is 24.2 Å². The molecule has 2 aromatic carbocycles. The topological polar surface area (TPSA) is 46.6 Å². The third-order valence-corrected chi connectivity index (χ3v) is 6.51. The van der Waals surface area contributed by atoms with Crippen LogP contribution < -0.4 is 4.74 Å². The van der Waals surface area contributed by atoms with Crippen LogP contribution in [0, 0.1) is 0 Å². The summed E-state index contributed by atoms with van der Waals surface area (Å²) in [6.07, 6.45) is 1.61. The van der Waals surface area contributed by atoms with Crippen LogP contribution in [-0.2, 0) is 10.0 Å². The Balaban J connectivity index is 2.00. The normalized spacial score (nSPS) is 19.0. The predicted octanol–water partition coefficient (Wildman–Crippen LogP) is 3.87. The van der Waals surface area contributed by atoms with E-state index in [1.165, 1.54) is 0 Å². The molecular formula is C17H18ClNO3S. The van der Waals surface area contributed by atoms with E-state index in [4.69, 9.17) is 16.3 Å². The zero-order chi connectivity index (χ0) is 16.4. The summed E-state index contributed by atoms with van der Waals surface area (Å²) in [5, 5.41) is 0.254. The maximum absolute atomic E-state index is 13.0. The van der Waals surface area contributed by atoms with Crippen LogP contribution in [0.3, 0.4) is 0 Å². The van der Waals surface area contributed by atoms with Gasteiger partial charge < -0.3 is 4.74 Å². The lowest BCUT2D eigenvalue weighted by Crippen LogP contribution is -2.30. The van der Waals surface area contributed by atoms with Gasteiger partial charge in [-0.2, -0.15) is 4.31 Å². The molecule has 0 saturated carbocycles. The molecule has 0 unspecified atom stereocenters. The van der Waals surface area contributed by atoms with E-state index >= 15 is 0 Å². The Labute approximate surface area is 141 Å². The zero-order valence-electron chi connectivity index (χ0n) is 12.8. The molecule has 0 aliphatic carbocycles. The van der Waals surface area contributed by atoms with Gasteiger partial charge in [0.25, 0.3) is 0 Å². The number of ether oxygens (including phenoxy) is 1. The largest absolute Gasteiger partial charge is 0.497 e. The Kier molecular flexibility index (Phi) is 4.62. The number of nitrogens with zero attached hydrogens (tertiary/aromatic N) is 1. The average Bonchev–Trinajstić information content (AvgIpc) is 3.05. The summed E-state index contributed by atoms with van der Waals surface area (Å²) in [5.41, 5.74) is 0.942. The second-order valence-electron chi connectivity index (χ2n) is 5.48. The summed E-state index contributed by atoms with van der Waals surface area (Å²) in [6, 6.07) is 14.0. The molecule has 1 aliphatic heterocycles. The van der Waals surface area contributed by atoms with Gasteiger partial charge in [0, 0.05) is 6.54 Å². The van der Waals surface area contributed by atoms with Gasteiger partial charge in [0.15, 0.2) is 0 Å². The Bertz CT molecular complexity index is 807. The molecule has 2 aromatic rings. The fourth-order valence-corrected chi connectivity index (χ4v) is 5.17. The first kappa shape index (κ1) is 16.3. The smallest absolute Gasteiger partial charge is 0.245 e. The number of hydrogen-bond acceptors (Lipinski definition) is 3. The Morgan fingerprint density at radius 3 is 2.70 bits per heavy atom. The molecule has 1 aliphatic rings. The van der Waals surface area contributed by atoms with Gasteiger partial charge in [0.1, 0.15) is 10.6 Å². The quantitative estimate of drug-likeness (QED) is 0.839. The lowest BCUT2D eigenvalue weighted by molar-refractivity contribution is 0.390. The van der Waals surface area contributed by atoms with Crippen molar-refractivity contribution < 1.29 is 13.2 Å². The molecule has 1 saturated heterocycles. The molecule has 0 aromatic heterocycles. The first-order valence-electron chi connectivity index (χ1n) is 7.44. The van der Waals surface area contributed by atoms with Crippen LogP contribution in [0.1, 0.15) is 24.4 Å². The minimum Gasteiger partial charge on any atom is -0.497 e. The molecule has 1 fully saturated rings. The minimum absolute atomic E-state index is 0.163. The molecular weight excluding hydrogens is 334 g/mol. The van der Waals surface area contributed by atoms with Crippen LogP contribution in [0.2, 0.25) is 5.02 Å². The number of methoxy groups -OCH3 is 1. The highest BCUT2D eigenvalue weighted by molar-refractivity contribution is 7.89. The van der Waals surface area contributed by atoms with Gasteiger partial charge >= 0.3 is 0 Å². The molecule has 0 bridgehead atoms. The summed E-state index contributed by atoms with van der Waals surface area (Å²) in [7, 11) is -2.02. The summed E-state index contributed by atoms with van der Waals surface area (Å²) in [6.45, 7) is 0.495. The second kappa shape index (κ2) is 6.51. The highest BCUT2D eigenvalue weighted by atomic mass is 35.5. The predicted molar refractivity (Wildman–Crippen MR) is 90.3 cm³/mol. The van der Waals surface area contributed by atoms with E-state index in [-0.39, 0.29) is 16.0 Å². The van der Waals surface area contributed by atoms with Gasteiger partial charge in [-0.3, -0.25) is 0 Å². The molecule has 1 heterocycles. The fraction of sp³-hybridized carbons (Fsp3) is 0.294. The monoisotopic (exact) mass is 351 g/mol. The van der Waals surface area contributed by atoms with E-state index in [0.29, 0.717) is 6.54 Å². The van der Waals surface area contributed by atoms with Crippen molar-refractivity contribution in [2.75, 3.05) is 13.7 Å². The molecule has 1 atom stereocenters. The molecule has 0 N–H and O–H groups in total. The molecule has 0 radical (unpaired) electrons. The van der Waals surface area contributed by atoms with Crippen molar-refractivity contribution in [2.45, 2.75) is 23.8 Å². The Hall–Kier alpha value is -1.56. The van der Waals surface area contributed by atoms with Crippen LogP contribution in [0.4, 0.5) is 0 Å². The van der Waals surface area contributed by atoms with E-state index in [1.54, 1.807) is 35.7 Å². The molecule has 23 heavy (non-hydrogen) atoms. The van der Waals surface area contributed by atoms with E-state index in [1.807, 2.05) is 24.3 Å². The highest BCUT2D eigenvalue weighted by Gasteiger charge is 2.37. The third-order valence-electron chi connectivity index (χ3n) is 4.11. The lowest BCUT2D eigenvalue weighted by Gasteiger charge is -2.25. The third kappa shape index (κ3) is 3.09. The summed E-state index contributed by atoms with van der Waals surface area (Å²) in [5.74, 6) is 0.726. The van der Waals surface area contributed by atoms with Crippen LogP contribution in [0.25, 0.3) is 0 Å². The second-order valence-corrected chi connectivity index (χ2v) is 7.75. The fourth-order valence-electron chi connectivity index (χ4n) is 2.99. The van der Waals surface area contributed by atoms with E-state index in [2.05, 4.69) is 0 Å². The molecule has 3 rings (SSSR count). The van der Waals surface area contributed by atoms with E-state index in [9.17, 15) is 8.42 Å². The Morgan fingerprint density at radius 1 is 1.17 bits per heavy atom. The van der Waals surface area contributed by atoms with Crippen molar-refractivity contribution in [3.63, 3.8) is 0 Å². The van der Waals surface area contributed by atoms with Crippen molar-refractivity contribution in [2.24, 2.45) is 0 Å². The van der Waals surface area contributed by atoms with Gasteiger partial charge in [-0.15, -0.1) is 0 Å². The Morgan fingerprint density at radius 2 is 1.96 bits per heavy atom. The lowest BCUT2D eigenvalue weighted by atomic mass is 10.1. The molecule has 0 spiro atoms. The van der Waals surface area contributed by atoms with E-state index < -0.39 is 10.0 Å². The van der Waals surface area contributed by atoms with Gasteiger partial charge in [-0.25, -0.2) is 8.42 Å². The molecule has 6 heteroatoms.